The van der Waals surface area contributed by atoms with Gasteiger partial charge in [0.2, 0.25) is 5.91 Å². The standard InChI is InChI=1S/C22H22N4O2/c1-2-20(25-15-17-8-3-4-10-19(17)22(25)28)21(27)23-14-16-7-5-9-18(13-16)26-12-6-11-24-26/h3-13,20H,2,14-15H2,1H3,(H,23,27)/t20-/m1/s1. The Morgan fingerprint density at radius 1 is 1.18 bits per heavy atom. The summed E-state index contributed by atoms with van der Waals surface area (Å²) < 4.78 is 1.78. The third-order valence-electron chi connectivity index (χ3n) is 5.06. The van der Waals surface area contributed by atoms with Crippen molar-refractivity contribution in [2.24, 2.45) is 0 Å². The SMILES string of the molecule is CC[C@H](C(=O)NCc1cccc(-n2cccn2)c1)N1Cc2ccccc2C1=O. The van der Waals surface area contributed by atoms with E-state index in [-0.39, 0.29) is 11.8 Å². The molecular formula is C22H22N4O2. The zero-order chi connectivity index (χ0) is 19.5. The van der Waals surface area contributed by atoms with Crippen molar-refractivity contribution in [1.82, 2.24) is 20.0 Å². The van der Waals surface area contributed by atoms with E-state index in [0.717, 1.165) is 16.8 Å². The largest absolute Gasteiger partial charge is 0.350 e. The van der Waals surface area contributed by atoms with Gasteiger partial charge in [-0.25, -0.2) is 4.68 Å². The molecule has 0 fully saturated rings. The van der Waals surface area contributed by atoms with Crippen LogP contribution in [0.5, 0.6) is 0 Å². The first-order valence-corrected chi connectivity index (χ1v) is 9.43. The molecular weight excluding hydrogens is 352 g/mol. The van der Waals surface area contributed by atoms with Gasteiger partial charge >= 0.3 is 0 Å². The fourth-order valence-corrected chi connectivity index (χ4v) is 3.61. The maximum Gasteiger partial charge on any atom is 0.255 e. The molecule has 0 radical (unpaired) electrons. The molecule has 0 bridgehead atoms. The molecule has 28 heavy (non-hydrogen) atoms. The number of aromatic nitrogens is 2. The van der Waals surface area contributed by atoms with Crippen molar-refractivity contribution < 1.29 is 9.59 Å². The molecule has 0 unspecified atom stereocenters. The van der Waals surface area contributed by atoms with Gasteiger partial charge in [0.25, 0.3) is 5.91 Å². The van der Waals surface area contributed by atoms with Crippen molar-refractivity contribution >= 4 is 11.8 Å². The van der Waals surface area contributed by atoms with Crippen molar-refractivity contribution in [2.75, 3.05) is 0 Å². The highest BCUT2D eigenvalue weighted by atomic mass is 16.2. The Bertz CT molecular complexity index is 997. The van der Waals surface area contributed by atoms with E-state index in [1.165, 1.54) is 0 Å². The highest BCUT2D eigenvalue weighted by molar-refractivity contribution is 6.01. The number of fused-ring (bicyclic) bond motifs is 1. The number of amides is 2. The first-order chi connectivity index (χ1) is 13.7. The minimum absolute atomic E-state index is 0.0710. The molecule has 142 valence electrons. The van der Waals surface area contributed by atoms with Crippen LogP contribution >= 0.6 is 0 Å². The van der Waals surface area contributed by atoms with Crippen molar-refractivity contribution in [3.8, 4) is 5.69 Å². The normalized spacial score (nSPS) is 14.0. The Balaban J connectivity index is 1.43. The number of nitrogens with one attached hydrogen (secondary N) is 1. The topological polar surface area (TPSA) is 67.2 Å². The number of benzene rings is 2. The number of nitrogens with zero attached hydrogens (tertiary/aromatic N) is 3. The summed E-state index contributed by atoms with van der Waals surface area (Å²) in [4.78, 5) is 27.2. The summed E-state index contributed by atoms with van der Waals surface area (Å²) in [5, 5.41) is 7.21. The molecule has 2 heterocycles. The van der Waals surface area contributed by atoms with Crippen LogP contribution in [-0.2, 0) is 17.9 Å². The van der Waals surface area contributed by atoms with Crippen LogP contribution in [0.3, 0.4) is 0 Å². The molecule has 0 spiro atoms. The monoisotopic (exact) mass is 374 g/mol. The highest BCUT2D eigenvalue weighted by Gasteiger charge is 2.34. The van der Waals surface area contributed by atoms with Crippen LogP contribution in [0.25, 0.3) is 5.69 Å². The Kier molecular flexibility index (Phi) is 4.93. The highest BCUT2D eigenvalue weighted by Crippen LogP contribution is 2.25. The molecule has 1 aliphatic heterocycles. The summed E-state index contributed by atoms with van der Waals surface area (Å²) in [5.41, 5.74) is 3.59. The molecule has 4 rings (SSSR count). The van der Waals surface area contributed by atoms with Gasteiger partial charge in [-0.05, 0) is 41.8 Å². The Labute approximate surface area is 163 Å². The van der Waals surface area contributed by atoms with Crippen LogP contribution in [0.2, 0.25) is 0 Å². The van der Waals surface area contributed by atoms with Crippen molar-refractivity contribution in [3.05, 3.63) is 83.7 Å². The van der Waals surface area contributed by atoms with E-state index in [0.29, 0.717) is 25.1 Å². The van der Waals surface area contributed by atoms with Crippen LogP contribution in [-0.4, -0.2) is 32.5 Å². The van der Waals surface area contributed by atoms with Gasteiger partial charge < -0.3 is 10.2 Å². The van der Waals surface area contributed by atoms with Crippen molar-refractivity contribution in [3.63, 3.8) is 0 Å². The molecule has 1 N–H and O–H groups in total. The van der Waals surface area contributed by atoms with Gasteiger partial charge in [0.05, 0.1) is 5.69 Å². The van der Waals surface area contributed by atoms with Crippen LogP contribution in [0.15, 0.2) is 67.0 Å². The number of carbonyl (C=O) groups is 2. The summed E-state index contributed by atoms with van der Waals surface area (Å²) >= 11 is 0. The van der Waals surface area contributed by atoms with Gasteiger partial charge in [-0.2, -0.15) is 5.10 Å². The van der Waals surface area contributed by atoms with Gasteiger partial charge in [-0.1, -0.05) is 37.3 Å². The molecule has 3 aromatic rings. The molecule has 0 aliphatic carbocycles. The zero-order valence-corrected chi connectivity index (χ0v) is 15.7. The van der Waals surface area contributed by atoms with Crippen LogP contribution in [0.1, 0.15) is 34.8 Å². The summed E-state index contributed by atoms with van der Waals surface area (Å²) in [6.07, 6.45) is 4.17. The molecule has 2 aromatic carbocycles. The van der Waals surface area contributed by atoms with Gasteiger partial charge in [0.15, 0.2) is 0 Å². The van der Waals surface area contributed by atoms with E-state index >= 15 is 0 Å². The minimum Gasteiger partial charge on any atom is -0.350 e. The van der Waals surface area contributed by atoms with Crippen molar-refractivity contribution in [1.29, 1.82) is 0 Å². The summed E-state index contributed by atoms with van der Waals surface area (Å²) in [5.74, 6) is -0.202. The molecule has 1 aliphatic rings. The average Bonchev–Trinajstić information content (AvgIpc) is 3.37. The zero-order valence-electron chi connectivity index (χ0n) is 15.7. The van der Waals surface area contributed by atoms with Gasteiger partial charge in [0.1, 0.15) is 6.04 Å². The second kappa shape index (κ2) is 7.68. The Morgan fingerprint density at radius 2 is 2.04 bits per heavy atom. The maximum atomic E-state index is 12.8. The quantitative estimate of drug-likeness (QED) is 0.721. The molecule has 2 amide bonds. The average molecular weight is 374 g/mol. The Hall–Kier alpha value is -3.41. The Morgan fingerprint density at radius 3 is 2.79 bits per heavy atom. The lowest BCUT2D eigenvalue weighted by Gasteiger charge is -2.26. The van der Waals surface area contributed by atoms with Crippen molar-refractivity contribution in [2.45, 2.75) is 32.5 Å². The second-order valence-electron chi connectivity index (χ2n) is 6.85. The lowest BCUT2D eigenvalue weighted by molar-refractivity contribution is -0.126. The van der Waals surface area contributed by atoms with Crippen LogP contribution < -0.4 is 5.32 Å². The molecule has 1 aromatic heterocycles. The summed E-state index contributed by atoms with van der Waals surface area (Å²) in [6, 6.07) is 16.8. The smallest absolute Gasteiger partial charge is 0.255 e. The molecule has 1 atom stereocenters. The van der Waals surface area contributed by atoms with Crippen LogP contribution in [0, 0.1) is 0 Å². The van der Waals surface area contributed by atoms with Gasteiger partial charge in [-0.3, -0.25) is 9.59 Å². The number of hydrogen-bond acceptors (Lipinski definition) is 3. The fraction of sp³-hybridized carbons (Fsp3) is 0.227. The van der Waals surface area contributed by atoms with E-state index in [1.807, 2.05) is 67.7 Å². The first-order valence-electron chi connectivity index (χ1n) is 9.43. The second-order valence-corrected chi connectivity index (χ2v) is 6.85. The van der Waals surface area contributed by atoms with E-state index in [4.69, 9.17) is 0 Å². The predicted molar refractivity (Wildman–Crippen MR) is 106 cm³/mol. The number of rotatable bonds is 6. The molecule has 6 nitrogen and oxygen atoms in total. The fourth-order valence-electron chi connectivity index (χ4n) is 3.61. The third-order valence-corrected chi connectivity index (χ3v) is 5.06. The molecule has 0 saturated carbocycles. The molecule has 6 heteroatoms. The lowest BCUT2D eigenvalue weighted by atomic mass is 10.1. The first kappa shape index (κ1) is 18.0. The van der Waals surface area contributed by atoms with E-state index < -0.39 is 6.04 Å². The summed E-state index contributed by atoms with van der Waals surface area (Å²) in [7, 11) is 0. The van der Waals surface area contributed by atoms with E-state index in [9.17, 15) is 9.59 Å². The lowest BCUT2D eigenvalue weighted by Crippen LogP contribution is -2.46. The number of hydrogen-bond donors (Lipinski definition) is 1. The van der Waals surface area contributed by atoms with Gasteiger partial charge in [0, 0.05) is 31.0 Å². The molecule has 0 saturated heterocycles. The number of carbonyl (C=O) groups excluding carboxylic acids is 2. The van der Waals surface area contributed by atoms with Gasteiger partial charge in [-0.15, -0.1) is 0 Å². The van der Waals surface area contributed by atoms with E-state index in [1.54, 1.807) is 15.8 Å². The minimum atomic E-state index is -0.478. The maximum absolute atomic E-state index is 12.8. The summed E-state index contributed by atoms with van der Waals surface area (Å²) in [6.45, 7) is 2.81. The predicted octanol–water partition coefficient (Wildman–Crippen LogP) is 2.92. The van der Waals surface area contributed by atoms with Crippen LogP contribution in [0.4, 0.5) is 0 Å². The third kappa shape index (κ3) is 3.41. The van der Waals surface area contributed by atoms with E-state index in [2.05, 4.69) is 10.4 Å².